The minimum absolute atomic E-state index is 0.00461. The van der Waals surface area contributed by atoms with Crippen molar-refractivity contribution in [3.8, 4) is 0 Å². The Hall–Kier alpha value is -2.38. The first-order valence-electron chi connectivity index (χ1n) is 11.2. The molecule has 2 unspecified atom stereocenters. The smallest absolute Gasteiger partial charge is 0.261 e. The molecule has 0 saturated carbocycles. The third-order valence-corrected chi connectivity index (χ3v) is 6.22. The number of hydrogen-bond acceptors (Lipinski definition) is 4. The third-order valence-electron chi connectivity index (χ3n) is 5.36. The lowest BCUT2D eigenvalue weighted by molar-refractivity contribution is -0.0250. The van der Waals surface area contributed by atoms with Crippen LogP contribution in [0, 0.1) is 12.8 Å². The number of nitrogens with one attached hydrogen (secondary N) is 3. The molecular weight excluding hydrogens is 408 g/mol. The highest BCUT2D eigenvalue weighted by molar-refractivity contribution is 7.12. The molecule has 1 aliphatic heterocycles. The molecule has 1 aliphatic rings. The summed E-state index contributed by atoms with van der Waals surface area (Å²) in [5, 5.41) is 11.6. The van der Waals surface area contributed by atoms with Crippen molar-refractivity contribution in [3.63, 3.8) is 0 Å². The number of benzene rings is 1. The van der Waals surface area contributed by atoms with Gasteiger partial charge in [0.25, 0.3) is 5.91 Å². The summed E-state index contributed by atoms with van der Waals surface area (Å²) in [5.74, 6) is 1.19. The van der Waals surface area contributed by atoms with Crippen molar-refractivity contribution in [2.24, 2.45) is 10.9 Å². The monoisotopic (exact) mass is 442 g/mol. The van der Waals surface area contributed by atoms with Crippen LogP contribution in [0.2, 0.25) is 0 Å². The summed E-state index contributed by atoms with van der Waals surface area (Å²) in [6.45, 7) is 7.90. The lowest BCUT2D eigenvalue weighted by Gasteiger charge is -2.31. The molecule has 1 fully saturated rings. The van der Waals surface area contributed by atoms with E-state index in [-0.39, 0.29) is 12.0 Å². The van der Waals surface area contributed by atoms with Crippen LogP contribution in [0.5, 0.6) is 0 Å². The molecule has 168 valence electrons. The average Bonchev–Trinajstić information content (AvgIpc) is 3.33. The Labute approximate surface area is 189 Å². The highest BCUT2D eigenvalue weighted by Crippen LogP contribution is 2.33. The Morgan fingerprint density at radius 2 is 1.97 bits per heavy atom. The van der Waals surface area contributed by atoms with Gasteiger partial charge in [-0.15, -0.1) is 11.3 Å². The van der Waals surface area contributed by atoms with E-state index in [1.807, 2.05) is 17.5 Å². The highest BCUT2D eigenvalue weighted by Gasteiger charge is 2.27. The zero-order valence-electron chi connectivity index (χ0n) is 18.5. The van der Waals surface area contributed by atoms with E-state index in [0.717, 1.165) is 56.3 Å². The van der Waals surface area contributed by atoms with Crippen molar-refractivity contribution in [1.82, 2.24) is 16.0 Å². The fourth-order valence-electron chi connectivity index (χ4n) is 3.70. The molecule has 0 radical (unpaired) electrons. The van der Waals surface area contributed by atoms with Gasteiger partial charge in [0.05, 0.1) is 11.0 Å². The second-order valence-electron chi connectivity index (χ2n) is 7.84. The predicted octanol–water partition coefficient (Wildman–Crippen LogP) is 3.90. The molecule has 2 aromatic rings. The molecule has 1 aromatic carbocycles. The molecule has 6 nitrogen and oxygen atoms in total. The minimum atomic E-state index is -0.00461. The number of guanidine groups is 1. The molecule has 2 atom stereocenters. The lowest BCUT2D eigenvalue weighted by Crippen LogP contribution is -2.39. The first-order valence-corrected chi connectivity index (χ1v) is 12.1. The standard InChI is InChI=1S/C24H34N4O2S/c1-3-25-24(27-14-6-13-26-23(29)21-8-5-16-31-21)28-17-20-7-4-15-30-22(20)19-11-9-18(2)10-12-19/h5,8-12,16,20,22H,3-4,6-7,13-15,17H2,1-2H3,(H,26,29)(H2,25,27,28). The van der Waals surface area contributed by atoms with Crippen molar-refractivity contribution in [1.29, 1.82) is 0 Å². The van der Waals surface area contributed by atoms with Gasteiger partial charge in [0.1, 0.15) is 0 Å². The van der Waals surface area contributed by atoms with E-state index in [1.165, 1.54) is 22.5 Å². The second kappa shape index (κ2) is 12.5. The number of aliphatic imine (C=N–C) groups is 1. The molecule has 2 heterocycles. The van der Waals surface area contributed by atoms with Crippen molar-refractivity contribution in [2.45, 2.75) is 39.2 Å². The molecule has 1 amide bonds. The fraction of sp³-hybridized carbons (Fsp3) is 0.500. The Morgan fingerprint density at radius 3 is 2.71 bits per heavy atom. The summed E-state index contributed by atoms with van der Waals surface area (Å²) < 4.78 is 6.13. The molecule has 0 spiro atoms. The summed E-state index contributed by atoms with van der Waals surface area (Å²) in [6, 6.07) is 12.4. The van der Waals surface area contributed by atoms with E-state index in [0.29, 0.717) is 12.5 Å². The highest BCUT2D eigenvalue weighted by atomic mass is 32.1. The van der Waals surface area contributed by atoms with Gasteiger partial charge >= 0.3 is 0 Å². The van der Waals surface area contributed by atoms with Gasteiger partial charge in [0.15, 0.2) is 5.96 Å². The maximum Gasteiger partial charge on any atom is 0.261 e. The molecule has 1 saturated heterocycles. The molecule has 0 bridgehead atoms. The van der Waals surface area contributed by atoms with Gasteiger partial charge in [0.2, 0.25) is 0 Å². The number of hydrogen-bond donors (Lipinski definition) is 3. The molecule has 3 rings (SSSR count). The molecule has 1 aromatic heterocycles. The van der Waals surface area contributed by atoms with Gasteiger partial charge in [-0.2, -0.15) is 0 Å². The van der Waals surface area contributed by atoms with Crippen LogP contribution in [0.3, 0.4) is 0 Å². The van der Waals surface area contributed by atoms with Gasteiger partial charge in [-0.1, -0.05) is 35.9 Å². The quantitative estimate of drug-likeness (QED) is 0.313. The number of aryl methyl sites for hydroxylation is 1. The van der Waals surface area contributed by atoms with E-state index < -0.39 is 0 Å². The Kier molecular flexibility index (Phi) is 9.37. The largest absolute Gasteiger partial charge is 0.373 e. The number of rotatable bonds is 9. The van der Waals surface area contributed by atoms with E-state index in [9.17, 15) is 4.79 Å². The number of carbonyl (C=O) groups is 1. The SMILES string of the molecule is CCNC(=NCC1CCCOC1c1ccc(C)cc1)NCCCNC(=O)c1cccs1. The maximum absolute atomic E-state index is 12.0. The van der Waals surface area contributed by atoms with Crippen molar-refractivity contribution in [2.75, 3.05) is 32.8 Å². The first-order chi connectivity index (χ1) is 15.2. The summed E-state index contributed by atoms with van der Waals surface area (Å²) in [7, 11) is 0. The van der Waals surface area contributed by atoms with Gasteiger partial charge in [-0.25, -0.2) is 0 Å². The molecule has 0 aliphatic carbocycles. The van der Waals surface area contributed by atoms with Gasteiger partial charge in [-0.3, -0.25) is 9.79 Å². The number of ether oxygens (including phenoxy) is 1. The van der Waals surface area contributed by atoms with E-state index in [1.54, 1.807) is 0 Å². The zero-order chi connectivity index (χ0) is 21.9. The first kappa shape index (κ1) is 23.3. The minimum Gasteiger partial charge on any atom is -0.373 e. The van der Waals surface area contributed by atoms with Crippen LogP contribution < -0.4 is 16.0 Å². The zero-order valence-corrected chi connectivity index (χ0v) is 19.3. The maximum atomic E-state index is 12.0. The topological polar surface area (TPSA) is 74.8 Å². The van der Waals surface area contributed by atoms with Crippen LogP contribution in [0.4, 0.5) is 0 Å². The number of nitrogens with zero attached hydrogens (tertiary/aromatic N) is 1. The van der Waals surface area contributed by atoms with Crippen LogP contribution in [-0.4, -0.2) is 44.7 Å². The molecule has 31 heavy (non-hydrogen) atoms. The third kappa shape index (κ3) is 7.36. The van der Waals surface area contributed by atoms with E-state index in [4.69, 9.17) is 9.73 Å². The predicted molar refractivity (Wildman–Crippen MR) is 128 cm³/mol. The lowest BCUT2D eigenvalue weighted by atomic mass is 9.89. The Morgan fingerprint density at radius 1 is 1.16 bits per heavy atom. The molecular formula is C24H34N4O2S. The van der Waals surface area contributed by atoms with Crippen LogP contribution in [0.1, 0.15) is 53.1 Å². The van der Waals surface area contributed by atoms with Crippen LogP contribution in [-0.2, 0) is 4.74 Å². The number of thiophene rings is 1. The fourth-order valence-corrected chi connectivity index (χ4v) is 4.34. The van der Waals surface area contributed by atoms with Crippen LogP contribution in [0.15, 0.2) is 46.8 Å². The van der Waals surface area contributed by atoms with Crippen molar-refractivity contribution < 1.29 is 9.53 Å². The second-order valence-corrected chi connectivity index (χ2v) is 8.79. The normalized spacial score (nSPS) is 19.1. The van der Waals surface area contributed by atoms with Gasteiger partial charge in [-0.05, 0) is 50.1 Å². The molecule has 3 N–H and O–H groups in total. The summed E-state index contributed by atoms with van der Waals surface area (Å²) >= 11 is 1.46. The van der Waals surface area contributed by atoms with Crippen molar-refractivity contribution in [3.05, 3.63) is 57.8 Å². The van der Waals surface area contributed by atoms with Crippen molar-refractivity contribution >= 4 is 23.2 Å². The van der Waals surface area contributed by atoms with Crippen LogP contribution >= 0.6 is 11.3 Å². The van der Waals surface area contributed by atoms with Crippen LogP contribution in [0.25, 0.3) is 0 Å². The summed E-state index contributed by atoms with van der Waals surface area (Å²) in [6.07, 6.45) is 3.14. The Bertz CT molecular complexity index is 821. The number of carbonyl (C=O) groups excluding carboxylic acids is 1. The summed E-state index contributed by atoms with van der Waals surface area (Å²) in [4.78, 5) is 17.6. The van der Waals surface area contributed by atoms with E-state index >= 15 is 0 Å². The van der Waals surface area contributed by atoms with E-state index in [2.05, 4.69) is 54.1 Å². The average molecular weight is 443 g/mol. The number of amides is 1. The van der Waals surface area contributed by atoms with Gasteiger partial charge < -0.3 is 20.7 Å². The van der Waals surface area contributed by atoms with Gasteiger partial charge in [0, 0.05) is 38.7 Å². The summed E-state index contributed by atoms with van der Waals surface area (Å²) in [5.41, 5.74) is 2.50. The Balaban J connectivity index is 1.47. The molecule has 7 heteroatoms.